The van der Waals surface area contributed by atoms with Crippen LogP contribution in [0, 0.1) is 0 Å². The summed E-state index contributed by atoms with van der Waals surface area (Å²) in [6, 6.07) is 6.89. The quantitative estimate of drug-likeness (QED) is 0.858. The number of aromatic nitrogens is 2. The molecule has 0 saturated carbocycles. The first-order valence-corrected chi connectivity index (χ1v) is 6.23. The molecule has 2 aromatic rings. The standard InChI is InChI=1S/C14H17N3O2.ClH/c1-2-17-10-12(9-16-17)8-15-7-11-3-5-13(6-4-11)14(18)19;/h3-6,9-10,15H,2,7-8H2,1H3,(H,18,19);1H. The molecule has 20 heavy (non-hydrogen) atoms. The summed E-state index contributed by atoms with van der Waals surface area (Å²) in [6.07, 6.45) is 3.87. The van der Waals surface area contributed by atoms with Crippen LogP contribution in [-0.4, -0.2) is 20.9 Å². The Morgan fingerprint density at radius 3 is 2.45 bits per heavy atom. The molecule has 0 bridgehead atoms. The van der Waals surface area contributed by atoms with Gasteiger partial charge in [-0.2, -0.15) is 5.10 Å². The fraction of sp³-hybridized carbons (Fsp3) is 0.286. The highest BCUT2D eigenvalue weighted by atomic mass is 35.5. The number of aryl methyl sites for hydroxylation is 1. The maximum absolute atomic E-state index is 10.7. The number of halogens is 1. The summed E-state index contributed by atoms with van der Waals surface area (Å²) in [6.45, 7) is 4.38. The van der Waals surface area contributed by atoms with Crippen molar-refractivity contribution in [1.82, 2.24) is 15.1 Å². The van der Waals surface area contributed by atoms with E-state index in [1.807, 2.05) is 36.1 Å². The van der Waals surface area contributed by atoms with Crippen LogP contribution in [0.1, 0.15) is 28.4 Å². The number of hydrogen-bond acceptors (Lipinski definition) is 3. The normalized spacial score (nSPS) is 10.1. The van der Waals surface area contributed by atoms with Gasteiger partial charge in [-0.1, -0.05) is 12.1 Å². The minimum atomic E-state index is -0.897. The number of rotatable bonds is 6. The molecule has 1 aromatic heterocycles. The van der Waals surface area contributed by atoms with Gasteiger partial charge in [-0.15, -0.1) is 12.4 Å². The van der Waals surface area contributed by atoms with Gasteiger partial charge in [-0.25, -0.2) is 4.79 Å². The SMILES string of the molecule is CCn1cc(CNCc2ccc(C(=O)O)cc2)cn1.Cl. The van der Waals surface area contributed by atoms with Crippen LogP contribution in [0.3, 0.4) is 0 Å². The van der Waals surface area contributed by atoms with Crippen LogP contribution in [0.2, 0.25) is 0 Å². The second-order valence-corrected chi connectivity index (χ2v) is 4.31. The van der Waals surface area contributed by atoms with Crippen LogP contribution in [-0.2, 0) is 19.6 Å². The molecule has 0 fully saturated rings. The molecular weight excluding hydrogens is 278 g/mol. The Morgan fingerprint density at radius 2 is 1.90 bits per heavy atom. The van der Waals surface area contributed by atoms with Crippen LogP contribution in [0.5, 0.6) is 0 Å². The van der Waals surface area contributed by atoms with E-state index in [4.69, 9.17) is 5.11 Å². The summed E-state index contributed by atoms with van der Waals surface area (Å²) in [5, 5.41) is 16.3. The Labute approximate surface area is 124 Å². The molecule has 2 rings (SSSR count). The lowest BCUT2D eigenvalue weighted by molar-refractivity contribution is 0.0697. The molecule has 0 atom stereocenters. The Kier molecular flexibility index (Phi) is 6.21. The average Bonchev–Trinajstić information content (AvgIpc) is 2.87. The van der Waals surface area contributed by atoms with Crippen molar-refractivity contribution in [3.05, 3.63) is 53.3 Å². The molecule has 0 aliphatic heterocycles. The van der Waals surface area contributed by atoms with Gasteiger partial charge in [0.25, 0.3) is 0 Å². The third-order valence-corrected chi connectivity index (χ3v) is 2.87. The Balaban J connectivity index is 0.00000200. The minimum Gasteiger partial charge on any atom is -0.478 e. The summed E-state index contributed by atoms with van der Waals surface area (Å²) in [7, 11) is 0. The number of carboxylic acid groups (broad SMARTS) is 1. The van der Waals surface area contributed by atoms with E-state index >= 15 is 0 Å². The summed E-state index contributed by atoms with van der Waals surface area (Å²) in [4.78, 5) is 10.7. The van der Waals surface area contributed by atoms with Gasteiger partial charge in [0.1, 0.15) is 0 Å². The van der Waals surface area contributed by atoms with Crippen molar-refractivity contribution in [1.29, 1.82) is 0 Å². The lowest BCUT2D eigenvalue weighted by Gasteiger charge is -2.03. The average molecular weight is 296 g/mol. The third-order valence-electron chi connectivity index (χ3n) is 2.87. The monoisotopic (exact) mass is 295 g/mol. The van der Waals surface area contributed by atoms with Gasteiger partial charge >= 0.3 is 5.97 Å². The molecule has 1 heterocycles. The number of nitrogens with one attached hydrogen (secondary N) is 1. The summed E-state index contributed by atoms with van der Waals surface area (Å²) < 4.78 is 1.89. The van der Waals surface area contributed by atoms with Crippen molar-refractivity contribution in [2.24, 2.45) is 0 Å². The molecule has 0 unspecified atom stereocenters. The van der Waals surface area contributed by atoms with Crippen molar-refractivity contribution in [3.8, 4) is 0 Å². The second-order valence-electron chi connectivity index (χ2n) is 4.31. The summed E-state index contributed by atoms with van der Waals surface area (Å²) in [5.74, 6) is -0.897. The van der Waals surface area contributed by atoms with E-state index in [1.165, 1.54) is 0 Å². The van der Waals surface area contributed by atoms with E-state index in [9.17, 15) is 4.79 Å². The molecule has 0 amide bonds. The largest absolute Gasteiger partial charge is 0.478 e. The number of carbonyl (C=O) groups is 1. The van der Waals surface area contributed by atoms with E-state index in [0.29, 0.717) is 12.1 Å². The molecule has 0 aliphatic carbocycles. The maximum Gasteiger partial charge on any atom is 0.335 e. The van der Waals surface area contributed by atoms with Crippen molar-refractivity contribution in [2.45, 2.75) is 26.6 Å². The van der Waals surface area contributed by atoms with Crippen LogP contribution >= 0.6 is 12.4 Å². The van der Waals surface area contributed by atoms with E-state index < -0.39 is 5.97 Å². The molecule has 1 aromatic carbocycles. The fourth-order valence-electron chi connectivity index (χ4n) is 1.79. The minimum absolute atomic E-state index is 0. The lowest BCUT2D eigenvalue weighted by Crippen LogP contribution is -2.12. The molecule has 5 nitrogen and oxygen atoms in total. The molecule has 6 heteroatoms. The molecule has 0 spiro atoms. The highest BCUT2D eigenvalue weighted by Crippen LogP contribution is 2.05. The number of nitrogens with zero attached hydrogens (tertiary/aromatic N) is 2. The maximum atomic E-state index is 10.7. The van der Waals surface area contributed by atoms with Gasteiger partial charge in [0.05, 0.1) is 11.8 Å². The van der Waals surface area contributed by atoms with Crippen molar-refractivity contribution >= 4 is 18.4 Å². The third kappa shape index (κ3) is 4.36. The molecule has 0 aliphatic rings. The Morgan fingerprint density at radius 1 is 1.25 bits per heavy atom. The Bertz CT molecular complexity index is 552. The summed E-state index contributed by atoms with van der Waals surface area (Å²) >= 11 is 0. The predicted octanol–water partition coefficient (Wildman–Crippen LogP) is 2.31. The number of carboxylic acids is 1. The molecule has 108 valence electrons. The van der Waals surface area contributed by atoms with Gasteiger partial charge in [0, 0.05) is 31.4 Å². The van der Waals surface area contributed by atoms with Crippen molar-refractivity contribution < 1.29 is 9.90 Å². The molecular formula is C14H18ClN3O2. The van der Waals surface area contributed by atoms with E-state index in [-0.39, 0.29) is 12.4 Å². The lowest BCUT2D eigenvalue weighted by atomic mass is 10.1. The van der Waals surface area contributed by atoms with Crippen LogP contribution in [0.25, 0.3) is 0 Å². The molecule has 0 radical (unpaired) electrons. The topological polar surface area (TPSA) is 67.2 Å². The predicted molar refractivity (Wildman–Crippen MR) is 79.1 cm³/mol. The van der Waals surface area contributed by atoms with Crippen LogP contribution in [0.15, 0.2) is 36.7 Å². The first-order valence-electron chi connectivity index (χ1n) is 6.23. The fourth-order valence-corrected chi connectivity index (χ4v) is 1.79. The number of benzene rings is 1. The van der Waals surface area contributed by atoms with Gasteiger partial charge < -0.3 is 10.4 Å². The molecule has 2 N–H and O–H groups in total. The van der Waals surface area contributed by atoms with Gasteiger partial charge in [0.15, 0.2) is 0 Å². The second kappa shape index (κ2) is 7.67. The van der Waals surface area contributed by atoms with Crippen LogP contribution in [0.4, 0.5) is 0 Å². The zero-order chi connectivity index (χ0) is 13.7. The molecule has 0 saturated heterocycles. The first kappa shape index (κ1) is 16.2. The summed E-state index contributed by atoms with van der Waals surface area (Å²) in [5.41, 5.74) is 2.52. The Hall–Kier alpha value is -1.85. The van der Waals surface area contributed by atoms with E-state index in [1.54, 1.807) is 12.1 Å². The van der Waals surface area contributed by atoms with Crippen LogP contribution < -0.4 is 5.32 Å². The van der Waals surface area contributed by atoms with Gasteiger partial charge in [-0.3, -0.25) is 4.68 Å². The van der Waals surface area contributed by atoms with E-state index in [2.05, 4.69) is 10.4 Å². The number of hydrogen-bond donors (Lipinski definition) is 2. The zero-order valence-corrected chi connectivity index (χ0v) is 12.1. The first-order chi connectivity index (χ1) is 9.19. The smallest absolute Gasteiger partial charge is 0.335 e. The highest BCUT2D eigenvalue weighted by Gasteiger charge is 2.02. The van der Waals surface area contributed by atoms with Crippen molar-refractivity contribution in [3.63, 3.8) is 0 Å². The van der Waals surface area contributed by atoms with E-state index in [0.717, 1.165) is 24.2 Å². The zero-order valence-electron chi connectivity index (χ0n) is 11.2. The van der Waals surface area contributed by atoms with Crippen molar-refractivity contribution in [2.75, 3.05) is 0 Å². The van der Waals surface area contributed by atoms with Gasteiger partial charge in [0.2, 0.25) is 0 Å². The highest BCUT2D eigenvalue weighted by molar-refractivity contribution is 5.87. The van der Waals surface area contributed by atoms with Gasteiger partial charge in [-0.05, 0) is 24.6 Å². The number of aromatic carboxylic acids is 1.